The van der Waals surface area contributed by atoms with Crippen LogP contribution in [-0.4, -0.2) is 39.8 Å². The van der Waals surface area contributed by atoms with Gasteiger partial charge in [0, 0.05) is 6.42 Å². The van der Waals surface area contributed by atoms with Gasteiger partial charge in [-0.25, -0.2) is 10.4 Å². The van der Waals surface area contributed by atoms with Gasteiger partial charge in [0.2, 0.25) is 11.4 Å². The van der Waals surface area contributed by atoms with Crippen LogP contribution in [0.2, 0.25) is 0 Å². The first-order valence-electron chi connectivity index (χ1n) is 8.64. The molecule has 3 unspecified atom stereocenters. The lowest BCUT2D eigenvalue weighted by Gasteiger charge is -2.39. The van der Waals surface area contributed by atoms with Crippen LogP contribution < -0.4 is 4.90 Å². The van der Waals surface area contributed by atoms with E-state index in [0.717, 1.165) is 12.1 Å². The lowest BCUT2D eigenvalue weighted by atomic mass is 9.62. The number of rotatable bonds is 2. The van der Waals surface area contributed by atoms with Crippen LogP contribution in [0.4, 0.5) is 18.9 Å². The molecule has 0 aromatic heterocycles. The second-order valence-corrected chi connectivity index (χ2v) is 7.87. The highest BCUT2D eigenvalue weighted by Crippen LogP contribution is 2.64. The number of ether oxygens (including phenoxy) is 1. The van der Waals surface area contributed by atoms with Crippen molar-refractivity contribution in [1.82, 2.24) is 0 Å². The van der Waals surface area contributed by atoms with E-state index in [2.05, 4.69) is 5.11 Å². The van der Waals surface area contributed by atoms with Crippen molar-refractivity contribution in [2.45, 2.75) is 49.3 Å². The second-order valence-electron chi connectivity index (χ2n) is 7.87. The van der Waals surface area contributed by atoms with Gasteiger partial charge < -0.3 is 9.84 Å². The predicted molar refractivity (Wildman–Crippen MR) is 88.5 cm³/mol. The molecule has 0 spiro atoms. The van der Waals surface area contributed by atoms with E-state index in [4.69, 9.17) is 15.5 Å². The molecule has 3 aliphatic rings. The van der Waals surface area contributed by atoms with Crippen molar-refractivity contribution in [3.05, 3.63) is 29.3 Å². The Labute approximate surface area is 162 Å². The number of alkyl halides is 3. The molecule has 0 radical (unpaired) electrons. The Morgan fingerprint density at radius 1 is 1.38 bits per heavy atom. The van der Waals surface area contributed by atoms with E-state index in [9.17, 15) is 27.9 Å². The molecule has 2 bridgehead atoms. The molecule has 3 aliphatic heterocycles. The lowest BCUT2D eigenvalue weighted by molar-refractivity contribution is -0.138. The minimum absolute atomic E-state index is 0.0134. The molecule has 152 valence electrons. The number of aliphatic hydroxyl groups is 1. The second kappa shape index (κ2) is 5.40. The molecule has 4 rings (SSSR count). The van der Waals surface area contributed by atoms with E-state index < -0.39 is 57.9 Å². The summed E-state index contributed by atoms with van der Waals surface area (Å²) in [5.74, 6) is -3.16. The number of halogens is 3. The number of carbonyl (C=O) groups excluding carboxylic acids is 2. The maximum Gasteiger partial charge on any atom is 0.417 e. The number of hydrogen-bond donors (Lipinski definition) is 2. The number of fused-ring (bicyclic) bond motifs is 5. The Morgan fingerprint density at radius 2 is 2.03 bits per heavy atom. The van der Waals surface area contributed by atoms with Gasteiger partial charge in [-0.1, -0.05) is 0 Å². The summed E-state index contributed by atoms with van der Waals surface area (Å²) < 4.78 is 45.8. The van der Waals surface area contributed by atoms with Gasteiger partial charge in [0.15, 0.2) is 0 Å². The number of hydrogen-bond acceptors (Lipinski definition) is 7. The number of imide groups is 1. The van der Waals surface area contributed by atoms with Crippen molar-refractivity contribution >= 4 is 17.5 Å². The molecule has 0 saturated carbocycles. The molecular weight excluding hydrogens is 393 g/mol. The van der Waals surface area contributed by atoms with Crippen LogP contribution in [0.5, 0.6) is 0 Å². The van der Waals surface area contributed by atoms with Crippen LogP contribution in [0.25, 0.3) is 0 Å². The summed E-state index contributed by atoms with van der Waals surface area (Å²) in [7, 11) is 0. The average molecular weight is 408 g/mol. The molecule has 3 fully saturated rings. The summed E-state index contributed by atoms with van der Waals surface area (Å²) in [4.78, 5) is 27.0. The van der Waals surface area contributed by atoms with Crippen molar-refractivity contribution in [3.63, 3.8) is 0 Å². The Hall–Kier alpha value is -2.84. The third-order valence-electron chi connectivity index (χ3n) is 6.32. The van der Waals surface area contributed by atoms with Gasteiger partial charge >= 0.3 is 6.18 Å². The number of amides is 2. The highest BCUT2D eigenvalue weighted by atomic mass is 19.4. The van der Waals surface area contributed by atoms with Crippen molar-refractivity contribution in [1.29, 1.82) is 10.8 Å². The van der Waals surface area contributed by atoms with Gasteiger partial charge in [-0.15, -0.1) is 0 Å². The van der Waals surface area contributed by atoms with Crippen LogP contribution >= 0.6 is 0 Å². The zero-order chi connectivity index (χ0) is 21.6. The van der Waals surface area contributed by atoms with E-state index in [-0.39, 0.29) is 12.1 Å². The zero-order valence-corrected chi connectivity index (χ0v) is 15.2. The summed E-state index contributed by atoms with van der Waals surface area (Å²) in [6.07, 6.45) is -6.06. The number of nitrogens with zero attached hydrogens (tertiary/aromatic N) is 3. The molecule has 5 atom stereocenters. The Kier molecular flexibility index (Phi) is 3.63. The van der Waals surface area contributed by atoms with Gasteiger partial charge in [-0.05, 0) is 32.0 Å². The van der Waals surface area contributed by atoms with Crippen LogP contribution in [0.3, 0.4) is 0 Å². The molecule has 1 aromatic rings. The maximum absolute atomic E-state index is 13.3. The number of nitriles is 1. The van der Waals surface area contributed by atoms with Gasteiger partial charge in [-0.3, -0.25) is 9.59 Å². The minimum Gasteiger partial charge on any atom is -0.390 e. The minimum atomic E-state index is -4.88. The quantitative estimate of drug-likeness (QED) is 0.573. The first-order chi connectivity index (χ1) is 13.4. The molecule has 1 aromatic carbocycles. The molecular formula is C18H15F3N4O4. The van der Waals surface area contributed by atoms with Gasteiger partial charge in [-0.2, -0.15) is 23.5 Å². The Morgan fingerprint density at radius 3 is 2.59 bits per heavy atom. The highest BCUT2D eigenvalue weighted by Gasteiger charge is 2.85. The first kappa shape index (κ1) is 19.5. The summed E-state index contributed by atoms with van der Waals surface area (Å²) in [6, 6.07) is 3.92. The Balaban J connectivity index is 1.90. The predicted octanol–water partition coefficient (Wildman–Crippen LogP) is 2.15. The summed E-state index contributed by atoms with van der Waals surface area (Å²) in [5, 5.41) is 22.8. The molecule has 11 heteroatoms. The van der Waals surface area contributed by atoms with Crippen molar-refractivity contribution in [2.75, 3.05) is 4.90 Å². The molecule has 2 amide bonds. The molecule has 0 aliphatic carbocycles. The van der Waals surface area contributed by atoms with Crippen molar-refractivity contribution in [2.24, 2.45) is 11.0 Å². The van der Waals surface area contributed by atoms with Crippen LogP contribution in [0, 0.1) is 22.8 Å². The molecule has 3 heterocycles. The van der Waals surface area contributed by atoms with Crippen LogP contribution in [-0.2, 0) is 20.5 Å². The van der Waals surface area contributed by atoms with Crippen molar-refractivity contribution in [3.8, 4) is 6.07 Å². The largest absolute Gasteiger partial charge is 0.417 e. The summed E-state index contributed by atoms with van der Waals surface area (Å²) in [5.41, 5.74) is 0.279. The Bertz CT molecular complexity index is 1020. The fourth-order valence-electron chi connectivity index (χ4n) is 5.06. The summed E-state index contributed by atoms with van der Waals surface area (Å²) >= 11 is 0. The van der Waals surface area contributed by atoms with Gasteiger partial charge in [0.25, 0.3) is 5.91 Å². The SMILES string of the molecule is CC12C[C@H](O)C(C)(O1)[C@]1(N=N)C(=O)N(c3ccc(C#N)c(C(F)(F)F)c3)C(=O)C21. The number of nitrogens with one attached hydrogen (secondary N) is 1. The summed E-state index contributed by atoms with van der Waals surface area (Å²) in [6.45, 7) is 2.88. The molecule has 2 N–H and O–H groups in total. The smallest absolute Gasteiger partial charge is 0.390 e. The fourth-order valence-corrected chi connectivity index (χ4v) is 5.06. The van der Waals surface area contributed by atoms with E-state index in [1.165, 1.54) is 19.9 Å². The number of benzene rings is 1. The topological polar surface area (TPSA) is 127 Å². The normalized spacial score (nSPS) is 38.3. The molecule has 3 saturated heterocycles. The monoisotopic (exact) mass is 408 g/mol. The number of aliphatic hydroxyl groups excluding tert-OH is 1. The molecule has 8 nitrogen and oxygen atoms in total. The van der Waals surface area contributed by atoms with E-state index in [1.807, 2.05) is 0 Å². The third kappa shape index (κ3) is 2.05. The standard InChI is InChI=1S/C18H15F3N4O4/c1-15-6-11(26)16(2,29-15)17(24-23)12(15)13(27)25(14(17)28)9-4-3-8(7-22)10(5-9)18(19,20)21/h3-5,11-12,23,26H,6H2,1-2H3/t11-,12?,15?,16?,17+/m0/s1. The van der Waals surface area contributed by atoms with Crippen LogP contribution in [0.15, 0.2) is 23.3 Å². The zero-order valence-electron chi connectivity index (χ0n) is 15.2. The van der Waals surface area contributed by atoms with Crippen molar-refractivity contribution < 1.29 is 32.6 Å². The number of anilines is 1. The number of carbonyl (C=O) groups is 2. The lowest BCUT2D eigenvalue weighted by Crippen LogP contribution is -2.62. The first-order valence-corrected chi connectivity index (χ1v) is 8.64. The fraction of sp³-hybridized carbons (Fsp3) is 0.500. The van der Waals surface area contributed by atoms with E-state index in [1.54, 1.807) is 0 Å². The van der Waals surface area contributed by atoms with E-state index in [0.29, 0.717) is 11.0 Å². The van der Waals surface area contributed by atoms with Gasteiger partial charge in [0.1, 0.15) is 11.5 Å². The average Bonchev–Trinajstić information content (AvgIpc) is 3.11. The van der Waals surface area contributed by atoms with E-state index >= 15 is 0 Å². The van der Waals surface area contributed by atoms with Gasteiger partial charge in [0.05, 0.1) is 34.6 Å². The molecule has 29 heavy (non-hydrogen) atoms. The highest BCUT2D eigenvalue weighted by molar-refractivity contribution is 6.27. The van der Waals surface area contributed by atoms with Crippen LogP contribution in [0.1, 0.15) is 31.4 Å². The maximum atomic E-state index is 13.3. The third-order valence-corrected chi connectivity index (χ3v) is 6.32.